The number of aromatic nitrogens is 3. The predicted molar refractivity (Wildman–Crippen MR) is 114 cm³/mol. The van der Waals surface area contributed by atoms with E-state index in [-0.39, 0.29) is 5.91 Å². The second kappa shape index (κ2) is 8.98. The smallest absolute Gasteiger partial charge is 0.251 e. The number of ether oxygens (including phenoxy) is 1. The molecular formula is C21H21ClN4O2S. The van der Waals surface area contributed by atoms with Crippen molar-refractivity contribution in [2.24, 2.45) is 0 Å². The fraction of sp³-hybridized carbons (Fsp3) is 0.286. The van der Waals surface area contributed by atoms with Crippen LogP contribution in [-0.2, 0) is 17.1 Å². The minimum atomic E-state index is -0.0138. The molecule has 2 aromatic carbocycles. The average Bonchev–Trinajstić information content (AvgIpc) is 3.45. The third kappa shape index (κ3) is 4.80. The number of thioether (sulfide) groups is 1. The summed E-state index contributed by atoms with van der Waals surface area (Å²) < 4.78 is 7.21. The summed E-state index contributed by atoms with van der Waals surface area (Å²) in [5, 5.41) is 13.0. The van der Waals surface area contributed by atoms with Gasteiger partial charge in [-0.2, -0.15) is 0 Å². The quantitative estimate of drug-likeness (QED) is 0.543. The van der Waals surface area contributed by atoms with Crippen LogP contribution in [-0.4, -0.2) is 33.8 Å². The molecular weight excluding hydrogens is 408 g/mol. The molecule has 1 saturated carbocycles. The van der Waals surface area contributed by atoms with Crippen molar-refractivity contribution < 1.29 is 9.53 Å². The van der Waals surface area contributed by atoms with E-state index < -0.39 is 0 Å². The van der Waals surface area contributed by atoms with Gasteiger partial charge in [0.2, 0.25) is 0 Å². The summed E-state index contributed by atoms with van der Waals surface area (Å²) in [6.07, 6.45) is 2.13. The second-order valence-electron chi connectivity index (χ2n) is 6.84. The molecule has 1 N–H and O–H groups in total. The number of hydrogen-bond donors (Lipinski definition) is 1. The van der Waals surface area contributed by atoms with E-state index in [1.54, 1.807) is 7.11 Å². The SMILES string of the molecule is COCc1nnc(SCc2ccccc2C(=O)NC2CC2)n1-c1cccc(Cl)c1. The van der Waals surface area contributed by atoms with E-state index in [9.17, 15) is 4.79 Å². The van der Waals surface area contributed by atoms with Gasteiger partial charge >= 0.3 is 0 Å². The van der Waals surface area contributed by atoms with Crippen LogP contribution in [0.5, 0.6) is 0 Å². The normalized spacial score (nSPS) is 13.4. The van der Waals surface area contributed by atoms with Crippen molar-refractivity contribution in [3.05, 3.63) is 70.5 Å². The van der Waals surface area contributed by atoms with Crippen molar-refractivity contribution in [1.82, 2.24) is 20.1 Å². The maximum Gasteiger partial charge on any atom is 0.251 e. The maximum atomic E-state index is 12.6. The van der Waals surface area contributed by atoms with Crippen molar-refractivity contribution >= 4 is 29.3 Å². The van der Waals surface area contributed by atoms with E-state index in [0.29, 0.717) is 34.8 Å². The largest absolute Gasteiger partial charge is 0.377 e. The van der Waals surface area contributed by atoms with Crippen LogP contribution < -0.4 is 5.32 Å². The number of methoxy groups -OCH3 is 1. The molecule has 6 nitrogen and oxygen atoms in total. The Morgan fingerprint density at radius 2 is 2.07 bits per heavy atom. The van der Waals surface area contributed by atoms with Crippen molar-refractivity contribution in [1.29, 1.82) is 0 Å². The lowest BCUT2D eigenvalue weighted by Crippen LogP contribution is -2.26. The standard InChI is InChI=1S/C21H21ClN4O2S/c1-28-12-19-24-25-21(26(19)17-7-4-6-15(22)11-17)29-13-14-5-2-3-8-18(14)20(27)23-16-9-10-16/h2-8,11,16H,9-10,12-13H2,1H3,(H,23,27). The third-order valence-corrected chi connectivity index (χ3v) is 5.78. The highest BCUT2D eigenvalue weighted by Gasteiger charge is 2.25. The zero-order chi connectivity index (χ0) is 20.2. The molecule has 0 radical (unpaired) electrons. The van der Waals surface area contributed by atoms with Crippen LogP contribution in [0.25, 0.3) is 5.69 Å². The van der Waals surface area contributed by atoms with Gasteiger partial charge in [-0.05, 0) is 42.7 Å². The summed E-state index contributed by atoms with van der Waals surface area (Å²) in [6.45, 7) is 0.334. The molecule has 8 heteroatoms. The number of hydrogen-bond acceptors (Lipinski definition) is 5. The van der Waals surface area contributed by atoms with Gasteiger partial charge in [0.25, 0.3) is 5.91 Å². The highest BCUT2D eigenvalue weighted by molar-refractivity contribution is 7.98. The van der Waals surface area contributed by atoms with Crippen molar-refractivity contribution in [2.45, 2.75) is 36.4 Å². The lowest BCUT2D eigenvalue weighted by atomic mass is 10.1. The number of halogens is 1. The van der Waals surface area contributed by atoms with Gasteiger partial charge in [-0.1, -0.05) is 47.6 Å². The Morgan fingerprint density at radius 3 is 2.83 bits per heavy atom. The molecule has 150 valence electrons. The Hall–Kier alpha value is -2.35. The fourth-order valence-corrected chi connectivity index (χ4v) is 4.15. The molecule has 0 aliphatic heterocycles. The first-order valence-corrected chi connectivity index (χ1v) is 10.7. The highest BCUT2D eigenvalue weighted by Crippen LogP contribution is 2.28. The Labute approximate surface area is 178 Å². The minimum absolute atomic E-state index is 0.0138. The molecule has 0 bridgehead atoms. The van der Waals surface area contributed by atoms with Gasteiger partial charge in [-0.25, -0.2) is 0 Å². The molecule has 1 aliphatic carbocycles. The molecule has 29 heavy (non-hydrogen) atoms. The van der Waals surface area contributed by atoms with Gasteiger partial charge in [-0.3, -0.25) is 9.36 Å². The number of carbonyl (C=O) groups is 1. The minimum Gasteiger partial charge on any atom is -0.377 e. The van der Waals surface area contributed by atoms with Gasteiger partial charge in [0.15, 0.2) is 11.0 Å². The lowest BCUT2D eigenvalue weighted by Gasteiger charge is -2.12. The summed E-state index contributed by atoms with van der Waals surface area (Å²) in [5.41, 5.74) is 2.54. The molecule has 1 fully saturated rings. The van der Waals surface area contributed by atoms with Crippen LogP contribution >= 0.6 is 23.4 Å². The molecule has 1 aromatic heterocycles. The first-order valence-electron chi connectivity index (χ1n) is 9.36. The van der Waals surface area contributed by atoms with E-state index in [2.05, 4.69) is 15.5 Å². The number of nitrogens with zero attached hydrogens (tertiary/aromatic N) is 3. The van der Waals surface area contributed by atoms with E-state index in [1.165, 1.54) is 11.8 Å². The zero-order valence-corrected chi connectivity index (χ0v) is 17.5. The van der Waals surface area contributed by atoms with Crippen molar-refractivity contribution in [2.75, 3.05) is 7.11 Å². The number of nitrogens with one attached hydrogen (secondary N) is 1. The van der Waals surface area contributed by atoms with Crippen LogP contribution in [0.4, 0.5) is 0 Å². The topological polar surface area (TPSA) is 69.0 Å². The van der Waals surface area contributed by atoms with Crippen LogP contribution in [0.15, 0.2) is 53.7 Å². The van der Waals surface area contributed by atoms with Gasteiger partial charge in [0.1, 0.15) is 6.61 Å². The van der Waals surface area contributed by atoms with E-state index in [0.717, 1.165) is 29.2 Å². The Balaban J connectivity index is 1.58. The number of rotatable bonds is 8. The van der Waals surface area contributed by atoms with E-state index in [4.69, 9.17) is 16.3 Å². The third-order valence-electron chi connectivity index (χ3n) is 4.57. The summed E-state index contributed by atoms with van der Waals surface area (Å²) >= 11 is 7.71. The Bertz CT molecular complexity index is 1020. The van der Waals surface area contributed by atoms with Gasteiger partial charge in [0.05, 0.1) is 5.69 Å². The second-order valence-corrected chi connectivity index (χ2v) is 8.22. The van der Waals surface area contributed by atoms with Gasteiger partial charge in [0, 0.05) is 29.5 Å². The summed E-state index contributed by atoms with van der Waals surface area (Å²) in [6, 6.07) is 15.5. The number of carbonyl (C=O) groups excluding carboxylic acids is 1. The predicted octanol–water partition coefficient (Wildman–Crippen LogP) is 4.25. The molecule has 0 unspecified atom stereocenters. The average molecular weight is 429 g/mol. The monoisotopic (exact) mass is 428 g/mol. The molecule has 0 spiro atoms. The molecule has 3 aromatic rings. The van der Waals surface area contributed by atoms with Gasteiger partial charge in [-0.15, -0.1) is 10.2 Å². The first kappa shape index (κ1) is 19.9. The van der Waals surface area contributed by atoms with E-state index >= 15 is 0 Å². The highest BCUT2D eigenvalue weighted by atomic mass is 35.5. The number of benzene rings is 2. The Morgan fingerprint density at radius 1 is 1.24 bits per heavy atom. The first-order chi connectivity index (χ1) is 14.2. The van der Waals surface area contributed by atoms with Crippen LogP contribution in [0.2, 0.25) is 5.02 Å². The number of amides is 1. The van der Waals surface area contributed by atoms with Crippen LogP contribution in [0.3, 0.4) is 0 Å². The Kier molecular flexibility index (Phi) is 6.18. The van der Waals surface area contributed by atoms with Crippen LogP contribution in [0.1, 0.15) is 34.6 Å². The molecule has 1 heterocycles. The zero-order valence-electron chi connectivity index (χ0n) is 16.0. The van der Waals surface area contributed by atoms with Crippen molar-refractivity contribution in [3.63, 3.8) is 0 Å². The van der Waals surface area contributed by atoms with Gasteiger partial charge < -0.3 is 10.1 Å². The molecule has 4 rings (SSSR count). The summed E-state index contributed by atoms with van der Waals surface area (Å²) in [4.78, 5) is 12.6. The maximum absolute atomic E-state index is 12.6. The molecule has 0 atom stereocenters. The molecule has 1 aliphatic rings. The van der Waals surface area contributed by atoms with E-state index in [1.807, 2.05) is 53.1 Å². The summed E-state index contributed by atoms with van der Waals surface area (Å²) in [5.74, 6) is 1.28. The summed E-state index contributed by atoms with van der Waals surface area (Å²) in [7, 11) is 1.62. The lowest BCUT2D eigenvalue weighted by molar-refractivity contribution is 0.0950. The molecule has 1 amide bonds. The van der Waals surface area contributed by atoms with Crippen LogP contribution in [0, 0.1) is 0 Å². The molecule has 0 saturated heterocycles. The fourth-order valence-electron chi connectivity index (χ4n) is 2.99. The van der Waals surface area contributed by atoms with Crippen molar-refractivity contribution in [3.8, 4) is 5.69 Å².